The van der Waals surface area contributed by atoms with E-state index in [2.05, 4.69) is 5.10 Å². The molecule has 3 rings (SSSR count). The van der Waals surface area contributed by atoms with Crippen LogP contribution in [0.15, 0.2) is 52.3 Å². The lowest BCUT2D eigenvalue weighted by atomic mass is 9.93. The molecule has 0 fully saturated rings. The number of nitrogens with zero attached hydrogens (tertiary/aromatic N) is 1. The summed E-state index contributed by atoms with van der Waals surface area (Å²) in [5.74, 6) is -0.473. The minimum absolute atomic E-state index is 0.00200. The molecule has 0 spiro atoms. The van der Waals surface area contributed by atoms with Crippen molar-refractivity contribution in [3.63, 3.8) is 0 Å². The number of sulfone groups is 1. The van der Waals surface area contributed by atoms with Gasteiger partial charge in [-0.15, -0.1) is 0 Å². The van der Waals surface area contributed by atoms with Crippen LogP contribution in [0.2, 0.25) is 5.02 Å². The first-order valence-electron chi connectivity index (χ1n) is 8.58. The average molecular weight is 419 g/mol. The number of carbonyl (C=O) groups is 1. The van der Waals surface area contributed by atoms with Gasteiger partial charge in [0.25, 0.3) is 5.56 Å². The van der Waals surface area contributed by atoms with Gasteiger partial charge in [-0.2, -0.15) is 0 Å². The second-order valence-corrected chi connectivity index (χ2v) is 8.82. The summed E-state index contributed by atoms with van der Waals surface area (Å²) in [6.07, 6.45) is 2.48. The normalized spacial score (nSPS) is 11.6. The van der Waals surface area contributed by atoms with Crippen molar-refractivity contribution >= 4 is 27.2 Å². The molecule has 0 radical (unpaired) electrons. The van der Waals surface area contributed by atoms with E-state index in [0.29, 0.717) is 28.3 Å². The fourth-order valence-electron chi connectivity index (χ4n) is 3.19. The molecule has 8 heteroatoms. The van der Waals surface area contributed by atoms with Crippen LogP contribution >= 0.6 is 11.6 Å². The van der Waals surface area contributed by atoms with Gasteiger partial charge in [-0.25, -0.2) is 8.42 Å². The first-order valence-corrected chi connectivity index (χ1v) is 10.8. The summed E-state index contributed by atoms with van der Waals surface area (Å²) in [6, 6.07) is 9.67. The van der Waals surface area contributed by atoms with E-state index in [-0.39, 0.29) is 16.0 Å². The van der Waals surface area contributed by atoms with E-state index in [0.717, 1.165) is 6.26 Å². The summed E-state index contributed by atoms with van der Waals surface area (Å²) in [7, 11) is -3.58. The summed E-state index contributed by atoms with van der Waals surface area (Å²) in [4.78, 5) is 25.5. The van der Waals surface area contributed by atoms with E-state index in [9.17, 15) is 18.0 Å². The summed E-state index contributed by atoms with van der Waals surface area (Å²) in [5, 5.41) is 3.12. The second kappa shape index (κ2) is 7.41. The summed E-state index contributed by atoms with van der Waals surface area (Å²) in [5.41, 5.74) is 1.16. The predicted molar refractivity (Wildman–Crippen MR) is 109 cm³/mol. The van der Waals surface area contributed by atoms with Gasteiger partial charge in [-0.3, -0.25) is 14.3 Å². The highest BCUT2D eigenvalue weighted by Crippen LogP contribution is 2.37. The Kier molecular flexibility index (Phi) is 5.32. The predicted octanol–water partition coefficient (Wildman–Crippen LogP) is 3.46. The Labute approximate surface area is 167 Å². The van der Waals surface area contributed by atoms with Gasteiger partial charge in [0.15, 0.2) is 15.6 Å². The molecule has 0 amide bonds. The molecule has 1 heterocycles. The van der Waals surface area contributed by atoms with Crippen molar-refractivity contribution in [3.05, 3.63) is 74.7 Å². The van der Waals surface area contributed by atoms with Crippen LogP contribution in [0.1, 0.15) is 28.4 Å². The van der Waals surface area contributed by atoms with Gasteiger partial charge in [0.1, 0.15) is 5.56 Å². The Balaban J connectivity index is 2.30. The van der Waals surface area contributed by atoms with Crippen LogP contribution in [0, 0.1) is 6.92 Å². The third-order valence-electron chi connectivity index (χ3n) is 4.62. The number of aromatic nitrogens is 2. The lowest BCUT2D eigenvalue weighted by Crippen LogP contribution is -2.21. The molecular weight excluding hydrogens is 400 g/mol. The molecule has 146 valence electrons. The van der Waals surface area contributed by atoms with Gasteiger partial charge in [0.2, 0.25) is 0 Å². The Morgan fingerprint density at radius 3 is 2.39 bits per heavy atom. The van der Waals surface area contributed by atoms with Crippen LogP contribution in [0.5, 0.6) is 0 Å². The number of halogens is 1. The molecule has 0 atom stereocenters. The quantitative estimate of drug-likeness (QED) is 0.642. The van der Waals surface area contributed by atoms with Gasteiger partial charge in [0, 0.05) is 40.7 Å². The van der Waals surface area contributed by atoms with Crippen molar-refractivity contribution in [3.8, 4) is 11.1 Å². The van der Waals surface area contributed by atoms with E-state index < -0.39 is 21.2 Å². The standard InChI is InChI=1S/C20H19ClN2O4S/c1-4-23-20(25)15(11-22-23)19(24)13-9-10-17(28(3,26)27)18(12(13)2)14-7-5-6-8-16(14)21/h5-11,22H,4H2,1-3H3. The molecular formula is C20H19ClN2O4S. The molecule has 0 saturated carbocycles. The Morgan fingerprint density at radius 2 is 1.82 bits per heavy atom. The third-order valence-corrected chi connectivity index (χ3v) is 6.08. The molecule has 0 unspecified atom stereocenters. The zero-order chi connectivity index (χ0) is 20.6. The zero-order valence-electron chi connectivity index (χ0n) is 15.6. The molecule has 3 aromatic rings. The Morgan fingerprint density at radius 1 is 1.14 bits per heavy atom. The Hall–Kier alpha value is -2.64. The second-order valence-electron chi connectivity index (χ2n) is 6.43. The van der Waals surface area contributed by atoms with Crippen molar-refractivity contribution in [2.75, 3.05) is 6.26 Å². The largest absolute Gasteiger partial charge is 0.302 e. The molecule has 1 N–H and O–H groups in total. The number of rotatable bonds is 5. The van der Waals surface area contributed by atoms with Crippen molar-refractivity contribution < 1.29 is 13.2 Å². The highest BCUT2D eigenvalue weighted by atomic mass is 35.5. The molecule has 0 saturated heterocycles. The third kappa shape index (κ3) is 3.43. The monoisotopic (exact) mass is 418 g/mol. The number of nitrogens with one attached hydrogen (secondary N) is 1. The molecule has 0 aliphatic rings. The molecule has 0 aliphatic heterocycles. The van der Waals surface area contributed by atoms with Crippen LogP contribution in [0.3, 0.4) is 0 Å². The number of aromatic amines is 1. The topological polar surface area (TPSA) is 89.0 Å². The highest BCUT2D eigenvalue weighted by Gasteiger charge is 2.25. The SMILES string of the molecule is CCn1[nH]cc(C(=O)c2ccc(S(C)(=O)=O)c(-c3ccccc3Cl)c2C)c1=O. The fraction of sp³-hybridized carbons (Fsp3) is 0.200. The number of hydrogen-bond acceptors (Lipinski definition) is 4. The zero-order valence-corrected chi connectivity index (χ0v) is 17.2. The minimum Gasteiger partial charge on any atom is -0.302 e. The molecule has 1 aromatic heterocycles. The van der Waals surface area contributed by atoms with Crippen molar-refractivity contribution in [2.24, 2.45) is 0 Å². The highest BCUT2D eigenvalue weighted by molar-refractivity contribution is 7.90. The lowest BCUT2D eigenvalue weighted by molar-refractivity contribution is 0.103. The maximum Gasteiger partial charge on any atom is 0.277 e. The van der Waals surface area contributed by atoms with Crippen LogP contribution in [-0.4, -0.2) is 30.2 Å². The molecule has 0 bridgehead atoms. The number of carbonyl (C=O) groups excluding carboxylic acids is 1. The van der Waals surface area contributed by atoms with Crippen LogP contribution in [0.4, 0.5) is 0 Å². The van der Waals surface area contributed by atoms with Gasteiger partial charge < -0.3 is 5.10 Å². The maximum absolute atomic E-state index is 13.0. The smallest absolute Gasteiger partial charge is 0.277 e. The summed E-state index contributed by atoms with van der Waals surface area (Å²) < 4.78 is 26.0. The van der Waals surface area contributed by atoms with Crippen molar-refractivity contribution in [1.82, 2.24) is 9.78 Å². The lowest BCUT2D eigenvalue weighted by Gasteiger charge is -2.16. The fourth-order valence-corrected chi connectivity index (χ4v) is 4.37. The first-order chi connectivity index (χ1) is 13.2. The van der Waals surface area contributed by atoms with E-state index in [1.165, 1.54) is 23.0 Å². The van der Waals surface area contributed by atoms with Crippen molar-refractivity contribution in [1.29, 1.82) is 0 Å². The van der Waals surface area contributed by atoms with Gasteiger partial charge in [-0.05, 0) is 37.6 Å². The first kappa shape index (κ1) is 20.1. The van der Waals surface area contributed by atoms with Gasteiger partial charge in [0.05, 0.1) is 4.90 Å². The average Bonchev–Trinajstić information content (AvgIpc) is 3.01. The van der Waals surface area contributed by atoms with E-state index in [1.54, 1.807) is 38.1 Å². The minimum atomic E-state index is -3.58. The summed E-state index contributed by atoms with van der Waals surface area (Å²) in [6.45, 7) is 3.85. The Bertz CT molecular complexity index is 1240. The molecule has 28 heavy (non-hydrogen) atoms. The molecule has 2 aromatic carbocycles. The molecule has 0 aliphatic carbocycles. The number of benzene rings is 2. The number of hydrogen-bond donors (Lipinski definition) is 1. The van der Waals surface area contributed by atoms with Gasteiger partial charge >= 0.3 is 0 Å². The maximum atomic E-state index is 13.0. The number of H-pyrrole nitrogens is 1. The van der Waals surface area contributed by atoms with Crippen LogP contribution in [0.25, 0.3) is 11.1 Å². The van der Waals surface area contributed by atoms with Crippen LogP contribution < -0.4 is 5.56 Å². The van der Waals surface area contributed by atoms with E-state index >= 15 is 0 Å². The van der Waals surface area contributed by atoms with Crippen LogP contribution in [-0.2, 0) is 16.4 Å². The number of aryl methyl sites for hydroxylation is 1. The molecule has 6 nitrogen and oxygen atoms in total. The van der Waals surface area contributed by atoms with E-state index in [1.807, 2.05) is 0 Å². The number of ketones is 1. The van der Waals surface area contributed by atoms with E-state index in [4.69, 9.17) is 11.6 Å². The summed E-state index contributed by atoms with van der Waals surface area (Å²) >= 11 is 6.31. The van der Waals surface area contributed by atoms with Gasteiger partial charge in [-0.1, -0.05) is 29.8 Å². The van der Waals surface area contributed by atoms with Crippen molar-refractivity contribution in [2.45, 2.75) is 25.3 Å².